The van der Waals surface area contributed by atoms with Gasteiger partial charge in [-0.3, -0.25) is 0 Å². The third-order valence-electron chi connectivity index (χ3n) is 2.92. The van der Waals surface area contributed by atoms with E-state index in [9.17, 15) is 5.11 Å². The molecule has 0 bridgehead atoms. The van der Waals surface area contributed by atoms with E-state index in [0.29, 0.717) is 0 Å². The van der Waals surface area contributed by atoms with Crippen LogP contribution in [0.5, 0.6) is 5.75 Å². The minimum Gasteiger partial charge on any atom is -0.497 e. The van der Waals surface area contributed by atoms with Gasteiger partial charge in [0.15, 0.2) is 0 Å². The van der Waals surface area contributed by atoms with Gasteiger partial charge in [-0.1, -0.05) is 30.3 Å². The summed E-state index contributed by atoms with van der Waals surface area (Å²) in [5, 5.41) is 9.74. The van der Waals surface area contributed by atoms with Crippen LogP contribution in [0.3, 0.4) is 0 Å². The highest BCUT2D eigenvalue weighted by atomic mass is 16.5. The number of nitrogens with two attached hydrogens (primary N) is 1. The lowest BCUT2D eigenvalue weighted by molar-refractivity contribution is 0.187. The molecule has 0 aliphatic carbocycles. The van der Waals surface area contributed by atoms with E-state index >= 15 is 0 Å². The van der Waals surface area contributed by atoms with Crippen LogP contribution in [0.2, 0.25) is 0 Å². The van der Waals surface area contributed by atoms with E-state index in [1.54, 1.807) is 7.11 Å². The highest BCUT2D eigenvalue weighted by Gasteiger charge is 2.06. The molecule has 0 spiro atoms. The Hall–Kier alpha value is -1.84. The lowest BCUT2D eigenvalue weighted by Crippen LogP contribution is -2.11. The van der Waals surface area contributed by atoms with E-state index in [2.05, 4.69) is 0 Å². The maximum absolute atomic E-state index is 9.74. The zero-order valence-corrected chi connectivity index (χ0v) is 10.3. The van der Waals surface area contributed by atoms with Gasteiger partial charge in [0.25, 0.3) is 0 Å². The molecule has 0 aromatic heterocycles. The van der Waals surface area contributed by atoms with Crippen molar-refractivity contribution in [2.75, 3.05) is 13.7 Å². The van der Waals surface area contributed by atoms with Crippen molar-refractivity contribution in [1.82, 2.24) is 0 Å². The number of hydrogen-bond acceptors (Lipinski definition) is 3. The van der Waals surface area contributed by atoms with Gasteiger partial charge in [-0.15, -0.1) is 0 Å². The molecule has 3 nitrogen and oxygen atoms in total. The summed E-state index contributed by atoms with van der Waals surface area (Å²) in [7, 11) is 1.65. The zero-order chi connectivity index (χ0) is 13.0. The average molecular weight is 243 g/mol. The molecule has 18 heavy (non-hydrogen) atoms. The minimum atomic E-state index is -0.608. The third kappa shape index (κ3) is 2.70. The topological polar surface area (TPSA) is 55.5 Å². The van der Waals surface area contributed by atoms with Crippen LogP contribution in [0.4, 0.5) is 0 Å². The maximum atomic E-state index is 9.74. The standard InChI is InChI=1S/C15H17NO2/c1-18-14-7-5-11(6-8-14)12-3-2-4-13(9-12)15(17)10-16/h2-9,15,17H,10,16H2,1H3. The second-order valence-electron chi connectivity index (χ2n) is 4.11. The van der Waals surface area contributed by atoms with Crippen molar-refractivity contribution in [2.24, 2.45) is 5.73 Å². The molecule has 0 fully saturated rings. The summed E-state index contributed by atoms with van der Waals surface area (Å²) >= 11 is 0. The fourth-order valence-corrected chi connectivity index (χ4v) is 1.85. The molecule has 0 saturated heterocycles. The van der Waals surface area contributed by atoms with Gasteiger partial charge >= 0.3 is 0 Å². The molecule has 0 radical (unpaired) electrons. The molecule has 0 aliphatic rings. The van der Waals surface area contributed by atoms with Gasteiger partial charge in [0.2, 0.25) is 0 Å². The summed E-state index contributed by atoms with van der Waals surface area (Å²) in [6, 6.07) is 15.6. The molecule has 0 saturated carbocycles. The first kappa shape index (κ1) is 12.6. The number of hydrogen-bond donors (Lipinski definition) is 2. The molecule has 2 rings (SSSR count). The predicted molar refractivity (Wildman–Crippen MR) is 72.4 cm³/mol. The Balaban J connectivity index is 2.32. The Morgan fingerprint density at radius 1 is 1.11 bits per heavy atom. The Labute approximate surface area is 107 Å². The van der Waals surface area contributed by atoms with Crippen molar-refractivity contribution < 1.29 is 9.84 Å². The van der Waals surface area contributed by atoms with Crippen LogP contribution < -0.4 is 10.5 Å². The van der Waals surface area contributed by atoms with Crippen LogP contribution in [0.15, 0.2) is 48.5 Å². The number of rotatable bonds is 4. The van der Waals surface area contributed by atoms with Crippen LogP contribution in [0.25, 0.3) is 11.1 Å². The second-order valence-corrected chi connectivity index (χ2v) is 4.11. The molecule has 0 amide bonds. The Kier molecular flexibility index (Phi) is 3.97. The van der Waals surface area contributed by atoms with Gasteiger partial charge in [-0.05, 0) is 34.9 Å². The highest BCUT2D eigenvalue weighted by molar-refractivity contribution is 5.65. The van der Waals surface area contributed by atoms with Crippen molar-refractivity contribution in [2.45, 2.75) is 6.10 Å². The zero-order valence-electron chi connectivity index (χ0n) is 10.3. The van der Waals surface area contributed by atoms with Crippen LogP contribution in [-0.2, 0) is 0 Å². The first-order valence-electron chi connectivity index (χ1n) is 5.87. The van der Waals surface area contributed by atoms with Crippen LogP contribution in [-0.4, -0.2) is 18.8 Å². The minimum absolute atomic E-state index is 0.228. The van der Waals surface area contributed by atoms with Crippen molar-refractivity contribution in [1.29, 1.82) is 0 Å². The normalized spacial score (nSPS) is 12.2. The van der Waals surface area contributed by atoms with Crippen molar-refractivity contribution in [3.8, 4) is 16.9 Å². The summed E-state index contributed by atoms with van der Waals surface area (Å²) in [4.78, 5) is 0. The molecule has 3 N–H and O–H groups in total. The first-order chi connectivity index (χ1) is 8.74. The number of benzene rings is 2. The number of methoxy groups -OCH3 is 1. The smallest absolute Gasteiger partial charge is 0.118 e. The SMILES string of the molecule is COc1ccc(-c2cccc(C(O)CN)c2)cc1. The monoisotopic (exact) mass is 243 g/mol. The molecule has 0 aliphatic heterocycles. The van der Waals surface area contributed by atoms with Gasteiger partial charge in [0.1, 0.15) is 5.75 Å². The van der Waals surface area contributed by atoms with Gasteiger partial charge in [0, 0.05) is 6.54 Å². The average Bonchev–Trinajstić information content (AvgIpc) is 2.46. The molecule has 3 heteroatoms. The summed E-state index contributed by atoms with van der Waals surface area (Å²) in [6.45, 7) is 0.228. The summed E-state index contributed by atoms with van der Waals surface area (Å²) in [6.07, 6.45) is -0.608. The Morgan fingerprint density at radius 3 is 2.44 bits per heavy atom. The first-order valence-corrected chi connectivity index (χ1v) is 5.87. The van der Waals surface area contributed by atoms with Gasteiger partial charge in [0.05, 0.1) is 13.2 Å². The van der Waals surface area contributed by atoms with Crippen molar-refractivity contribution in [3.05, 3.63) is 54.1 Å². The van der Waals surface area contributed by atoms with E-state index in [-0.39, 0.29) is 6.54 Å². The fraction of sp³-hybridized carbons (Fsp3) is 0.200. The molecule has 2 aromatic rings. The van der Waals surface area contributed by atoms with Gasteiger partial charge < -0.3 is 15.6 Å². The second kappa shape index (κ2) is 5.67. The fourth-order valence-electron chi connectivity index (χ4n) is 1.85. The molecular formula is C15H17NO2. The van der Waals surface area contributed by atoms with E-state index in [1.807, 2.05) is 48.5 Å². The summed E-state index contributed by atoms with van der Waals surface area (Å²) in [5.74, 6) is 0.830. The third-order valence-corrected chi connectivity index (χ3v) is 2.92. The van der Waals surface area contributed by atoms with E-state index in [0.717, 1.165) is 22.4 Å². The molecular weight excluding hydrogens is 226 g/mol. The largest absolute Gasteiger partial charge is 0.497 e. The van der Waals surface area contributed by atoms with Crippen molar-refractivity contribution >= 4 is 0 Å². The molecule has 0 heterocycles. The molecule has 1 unspecified atom stereocenters. The quantitative estimate of drug-likeness (QED) is 0.866. The number of aliphatic hydroxyl groups excluding tert-OH is 1. The number of aliphatic hydroxyl groups is 1. The maximum Gasteiger partial charge on any atom is 0.118 e. The molecule has 2 aromatic carbocycles. The lowest BCUT2D eigenvalue weighted by Gasteiger charge is -2.10. The van der Waals surface area contributed by atoms with Gasteiger partial charge in [-0.25, -0.2) is 0 Å². The molecule has 1 atom stereocenters. The summed E-state index contributed by atoms with van der Waals surface area (Å²) in [5.41, 5.74) is 8.45. The van der Waals surface area contributed by atoms with E-state index < -0.39 is 6.10 Å². The lowest BCUT2D eigenvalue weighted by atomic mass is 10.0. The van der Waals surface area contributed by atoms with Crippen LogP contribution in [0, 0.1) is 0 Å². The van der Waals surface area contributed by atoms with E-state index in [1.165, 1.54) is 0 Å². The van der Waals surface area contributed by atoms with Gasteiger partial charge in [-0.2, -0.15) is 0 Å². The van der Waals surface area contributed by atoms with Crippen LogP contribution >= 0.6 is 0 Å². The Bertz CT molecular complexity index is 508. The van der Waals surface area contributed by atoms with Crippen molar-refractivity contribution in [3.63, 3.8) is 0 Å². The van der Waals surface area contributed by atoms with E-state index in [4.69, 9.17) is 10.5 Å². The summed E-state index contributed by atoms with van der Waals surface area (Å²) < 4.78 is 5.13. The number of ether oxygens (including phenoxy) is 1. The Morgan fingerprint density at radius 2 is 1.83 bits per heavy atom. The highest BCUT2D eigenvalue weighted by Crippen LogP contribution is 2.24. The predicted octanol–water partition coefficient (Wildman–Crippen LogP) is 2.35. The molecule has 94 valence electrons. The van der Waals surface area contributed by atoms with Crippen LogP contribution in [0.1, 0.15) is 11.7 Å².